The van der Waals surface area contributed by atoms with E-state index in [4.69, 9.17) is 4.74 Å². The van der Waals surface area contributed by atoms with E-state index < -0.39 is 11.8 Å². The van der Waals surface area contributed by atoms with E-state index in [0.717, 1.165) is 11.2 Å². The highest BCUT2D eigenvalue weighted by molar-refractivity contribution is 6.04. The van der Waals surface area contributed by atoms with Crippen molar-refractivity contribution < 1.29 is 18.7 Å². The maximum Gasteiger partial charge on any atom is 0.328 e. The minimum atomic E-state index is -0.604. The molecule has 180 valence electrons. The Hall–Kier alpha value is -3.82. The summed E-state index contributed by atoms with van der Waals surface area (Å²) in [6.45, 7) is 3.30. The van der Waals surface area contributed by atoms with Gasteiger partial charge in [0.2, 0.25) is 0 Å². The van der Waals surface area contributed by atoms with Crippen LogP contribution in [0.3, 0.4) is 0 Å². The average Bonchev–Trinajstić information content (AvgIpc) is 3.03. The number of urea groups is 1. The Balaban J connectivity index is 1.65. The Morgan fingerprint density at radius 3 is 2.29 bits per heavy atom. The van der Waals surface area contributed by atoms with Crippen molar-refractivity contribution in [3.05, 3.63) is 52.7 Å². The predicted molar refractivity (Wildman–Crippen MR) is 129 cm³/mol. The van der Waals surface area contributed by atoms with Crippen molar-refractivity contribution in [2.24, 2.45) is 20.0 Å². The summed E-state index contributed by atoms with van der Waals surface area (Å²) in [4.78, 5) is 39.4. The first-order valence-corrected chi connectivity index (χ1v) is 11.2. The maximum absolute atomic E-state index is 14.0. The molecule has 3 aromatic rings. The number of halogens is 1. The van der Waals surface area contributed by atoms with E-state index in [-0.39, 0.29) is 23.3 Å². The lowest BCUT2D eigenvalue weighted by molar-refractivity contribution is -0.148. The number of para-hydroxylation sites is 1. The number of amides is 2. The molecule has 1 aromatic heterocycles. The number of nitrogens with one attached hydrogen (secondary N) is 2. The Bertz CT molecular complexity index is 1290. The van der Waals surface area contributed by atoms with Crippen LogP contribution in [0.5, 0.6) is 0 Å². The number of ether oxygens (including phenoxy) is 1. The Kier molecular flexibility index (Phi) is 6.58. The Morgan fingerprint density at radius 2 is 1.65 bits per heavy atom. The van der Waals surface area contributed by atoms with E-state index in [0.29, 0.717) is 43.7 Å². The van der Waals surface area contributed by atoms with Gasteiger partial charge in [-0.25, -0.2) is 14.0 Å². The summed E-state index contributed by atoms with van der Waals surface area (Å²) in [6.07, 6.45) is 1.23. The number of aromatic nitrogens is 2. The number of hydrogen-bond donors (Lipinski definition) is 2. The van der Waals surface area contributed by atoms with Crippen LogP contribution in [0.25, 0.3) is 11.0 Å². The van der Waals surface area contributed by atoms with Gasteiger partial charge in [-0.2, -0.15) is 0 Å². The number of nitrogens with zero attached hydrogens (tertiary/aromatic N) is 3. The molecule has 0 atom stereocenters. The molecule has 0 aliphatic carbocycles. The molecule has 2 amide bonds. The summed E-state index contributed by atoms with van der Waals surface area (Å²) in [5, 5.41) is 5.34. The van der Waals surface area contributed by atoms with E-state index in [1.54, 1.807) is 43.8 Å². The van der Waals surface area contributed by atoms with Crippen LogP contribution in [-0.2, 0) is 23.6 Å². The van der Waals surface area contributed by atoms with Gasteiger partial charge in [0.1, 0.15) is 5.82 Å². The Labute approximate surface area is 196 Å². The molecule has 10 heteroatoms. The number of hydrogen-bond acceptors (Lipinski definition) is 5. The van der Waals surface area contributed by atoms with Gasteiger partial charge < -0.3 is 20.3 Å². The third-order valence-corrected chi connectivity index (χ3v) is 6.22. The highest BCUT2D eigenvalue weighted by Gasteiger charge is 2.28. The minimum Gasteiger partial charge on any atom is -0.466 e. The number of aryl methyl sites for hydroxylation is 2. The molecule has 34 heavy (non-hydrogen) atoms. The highest BCUT2D eigenvalue weighted by atomic mass is 19.1. The largest absolute Gasteiger partial charge is 0.466 e. The van der Waals surface area contributed by atoms with Gasteiger partial charge in [0.15, 0.2) is 0 Å². The number of carbonyl (C=O) groups is 2. The molecule has 1 saturated heterocycles. The van der Waals surface area contributed by atoms with Gasteiger partial charge >= 0.3 is 17.7 Å². The predicted octanol–water partition coefficient (Wildman–Crippen LogP) is 3.44. The third-order valence-electron chi connectivity index (χ3n) is 6.22. The topological polar surface area (TPSA) is 97.6 Å². The van der Waals surface area contributed by atoms with Crippen LogP contribution in [0.15, 0.2) is 41.2 Å². The lowest BCUT2D eigenvalue weighted by Crippen LogP contribution is -2.37. The zero-order valence-corrected chi connectivity index (χ0v) is 19.4. The monoisotopic (exact) mass is 469 g/mol. The van der Waals surface area contributed by atoms with E-state index in [2.05, 4.69) is 15.5 Å². The molecule has 0 radical (unpaired) electrons. The molecule has 2 heterocycles. The number of imidazole rings is 1. The van der Waals surface area contributed by atoms with Gasteiger partial charge in [0.05, 0.1) is 40.6 Å². The van der Waals surface area contributed by atoms with Crippen molar-refractivity contribution in [3.63, 3.8) is 0 Å². The first-order valence-electron chi connectivity index (χ1n) is 11.2. The second-order valence-electron chi connectivity index (χ2n) is 8.33. The van der Waals surface area contributed by atoms with Crippen LogP contribution >= 0.6 is 0 Å². The lowest BCUT2D eigenvalue weighted by atomic mass is 9.96. The molecule has 0 unspecified atom stereocenters. The van der Waals surface area contributed by atoms with Gasteiger partial charge in [-0.05, 0) is 44.0 Å². The van der Waals surface area contributed by atoms with Crippen molar-refractivity contribution in [3.8, 4) is 0 Å². The molecule has 0 spiro atoms. The number of fused-ring (bicyclic) bond motifs is 1. The van der Waals surface area contributed by atoms with Crippen molar-refractivity contribution in [2.75, 3.05) is 35.2 Å². The summed E-state index contributed by atoms with van der Waals surface area (Å²) in [6, 6.07) is 8.91. The van der Waals surface area contributed by atoms with Gasteiger partial charge in [-0.15, -0.1) is 0 Å². The standard InChI is InChI=1S/C24H28FN5O4/c1-4-34-22(31)15-9-11-30(12-10-15)19-14-21-20(28(2)24(33)29(21)3)13-18(19)27-23(32)26-17-8-6-5-7-16(17)25/h5-8,13-15H,4,9-12H2,1-3H3,(H2,26,27,32). The van der Waals surface area contributed by atoms with Gasteiger partial charge in [-0.1, -0.05) is 12.1 Å². The molecule has 9 nitrogen and oxygen atoms in total. The SMILES string of the molecule is CCOC(=O)C1CCN(c2cc3c(cc2NC(=O)Nc2ccccc2F)n(C)c(=O)n3C)CC1. The number of esters is 1. The van der Waals surface area contributed by atoms with Crippen LogP contribution in [0.1, 0.15) is 19.8 Å². The average molecular weight is 470 g/mol. The van der Waals surface area contributed by atoms with Crippen molar-refractivity contribution in [2.45, 2.75) is 19.8 Å². The molecule has 2 aromatic carbocycles. The summed E-state index contributed by atoms with van der Waals surface area (Å²) < 4.78 is 22.2. The molecule has 0 saturated carbocycles. The molecular weight excluding hydrogens is 441 g/mol. The first-order chi connectivity index (χ1) is 16.3. The normalized spacial score (nSPS) is 14.3. The van der Waals surface area contributed by atoms with Crippen molar-refractivity contribution in [1.29, 1.82) is 0 Å². The van der Waals surface area contributed by atoms with Crippen molar-refractivity contribution in [1.82, 2.24) is 9.13 Å². The van der Waals surface area contributed by atoms with Crippen LogP contribution in [0.2, 0.25) is 0 Å². The molecule has 2 N–H and O–H groups in total. The zero-order valence-electron chi connectivity index (χ0n) is 19.4. The second-order valence-corrected chi connectivity index (χ2v) is 8.33. The molecule has 1 fully saturated rings. The summed E-state index contributed by atoms with van der Waals surface area (Å²) in [5.41, 5.74) is 2.45. The number of carbonyl (C=O) groups excluding carboxylic acids is 2. The molecule has 0 bridgehead atoms. The lowest BCUT2D eigenvalue weighted by Gasteiger charge is -2.34. The number of piperidine rings is 1. The van der Waals surface area contributed by atoms with Crippen LogP contribution in [-0.4, -0.2) is 40.8 Å². The number of benzene rings is 2. The van der Waals surface area contributed by atoms with E-state index in [1.807, 2.05) is 6.07 Å². The molecular formula is C24H28FN5O4. The fourth-order valence-corrected chi connectivity index (χ4v) is 4.35. The maximum atomic E-state index is 14.0. The van der Waals surface area contributed by atoms with E-state index in [1.165, 1.54) is 16.7 Å². The van der Waals surface area contributed by atoms with Crippen LogP contribution in [0.4, 0.5) is 26.2 Å². The van der Waals surface area contributed by atoms with Crippen LogP contribution < -0.4 is 21.2 Å². The van der Waals surface area contributed by atoms with Crippen molar-refractivity contribution >= 4 is 40.1 Å². The summed E-state index contributed by atoms with van der Waals surface area (Å²) in [5.74, 6) is -0.896. The van der Waals surface area contributed by atoms with Crippen LogP contribution in [0, 0.1) is 11.7 Å². The quantitative estimate of drug-likeness (QED) is 0.558. The second kappa shape index (κ2) is 9.58. The minimum absolute atomic E-state index is 0.0602. The fourth-order valence-electron chi connectivity index (χ4n) is 4.35. The number of anilines is 3. The number of rotatable bonds is 5. The summed E-state index contributed by atoms with van der Waals surface area (Å²) >= 11 is 0. The van der Waals surface area contributed by atoms with Gasteiger partial charge in [-0.3, -0.25) is 13.9 Å². The van der Waals surface area contributed by atoms with E-state index >= 15 is 0 Å². The fraction of sp³-hybridized carbons (Fsp3) is 0.375. The molecule has 1 aliphatic heterocycles. The molecule has 1 aliphatic rings. The smallest absolute Gasteiger partial charge is 0.328 e. The Morgan fingerprint density at radius 1 is 1.03 bits per heavy atom. The zero-order chi connectivity index (χ0) is 24.4. The first kappa shape index (κ1) is 23.3. The highest BCUT2D eigenvalue weighted by Crippen LogP contribution is 2.34. The molecule has 4 rings (SSSR count). The van der Waals surface area contributed by atoms with E-state index in [9.17, 15) is 18.8 Å². The van der Waals surface area contributed by atoms with Gasteiger partial charge in [0, 0.05) is 27.2 Å². The summed E-state index contributed by atoms with van der Waals surface area (Å²) in [7, 11) is 3.36. The van der Waals surface area contributed by atoms with Gasteiger partial charge in [0.25, 0.3) is 0 Å². The third kappa shape index (κ3) is 4.48.